The SMILES string of the molecule is O=C(O)C(CN=Cc1ccccc1O)N=Cc1ccccc1O.[Zn]. The third-order valence-corrected chi connectivity index (χ3v) is 3.06. The van der Waals surface area contributed by atoms with Gasteiger partial charge < -0.3 is 15.3 Å². The number of phenolic OH excluding ortho intramolecular Hbond substituents is 2. The van der Waals surface area contributed by atoms with E-state index in [1.54, 1.807) is 36.4 Å². The Kier molecular flexibility index (Phi) is 7.79. The van der Waals surface area contributed by atoms with Crippen LogP contribution in [0.5, 0.6) is 11.5 Å². The molecule has 0 spiro atoms. The van der Waals surface area contributed by atoms with Crippen LogP contribution in [-0.4, -0.2) is 46.3 Å². The molecule has 0 saturated carbocycles. The maximum Gasteiger partial charge on any atom is 0.330 e. The summed E-state index contributed by atoms with van der Waals surface area (Å²) in [5.41, 5.74) is 0.935. The average molecular weight is 378 g/mol. The molecule has 2 aromatic carbocycles. The molecule has 7 heteroatoms. The van der Waals surface area contributed by atoms with Gasteiger partial charge in [-0.15, -0.1) is 0 Å². The van der Waals surface area contributed by atoms with Gasteiger partial charge in [0.2, 0.25) is 0 Å². The van der Waals surface area contributed by atoms with Crippen LogP contribution in [0.4, 0.5) is 0 Å². The second-order valence-electron chi connectivity index (χ2n) is 4.74. The van der Waals surface area contributed by atoms with Crippen molar-refractivity contribution in [1.29, 1.82) is 0 Å². The van der Waals surface area contributed by atoms with Gasteiger partial charge in [-0.25, -0.2) is 4.79 Å². The van der Waals surface area contributed by atoms with Gasteiger partial charge in [-0.05, 0) is 24.3 Å². The van der Waals surface area contributed by atoms with Gasteiger partial charge in [0.05, 0.1) is 6.54 Å². The number of hydrogen-bond acceptors (Lipinski definition) is 5. The van der Waals surface area contributed by atoms with Crippen molar-refractivity contribution in [3.63, 3.8) is 0 Å². The van der Waals surface area contributed by atoms with Gasteiger partial charge in [-0.2, -0.15) is 0 Å². The fraction of sp³-hybridized carbons (Fsp3) is 0.118. The molecule has 0 aliphatic carbocycles. The van der Waals surface area contributed by atoms with Gasteiger partial charge in [-0.1, -0.05) is 24.3 Å². The quantitative estimate of drug-likeness (QED) is 0.530. The van der Waals surface area contributed by atoms with Crippen LogP contribution in [0.15, 0.2) is 58.5 Å². The summed E-state index contributed by atoms with van der Waals surface area (Å²) in [6.45, 7) is -0.0756. The number of benzene rings is 2. The van der Waals surface area contributed by atoms with E-state index in [0.717, 1.165) is 0 Å². The summed E-state index contributed by atoms with van der Waals surface area (Å²) in [6, 6.07) is 12.0. The van der Waals surface area contributed by atoms with E-state index in [4.69, 9.17) is 0 Å². The van der Waals surface area contributed by atoms with Crippen molar-refractivity contribution in [2.45, 2.75) is 6.04 Å². The fourth-order valence-corrected chi connectivity index (χ4v) is 1.80. The molecule has 120 valence electrons. The normalized spacial score (nSPS) is 12.2. The van der Waals surface area contributed by atoms with Crippen molar-refractivity contribution >= 4 is 18.4 Å². The van der Waals surface area contributed by atoms with E-state index in [1.165, 1.54) is 24.6 Å². The van der Waals surface area contributed by atoms with Gasteiger partial charge in [0.15, 0.2) is 6.04 Å². The third kappa shape index (κ3) is 5.59. The Labute approximate surface area is 152 Å². The molecular weight excluding hydrogens is 362 g/mol. The number of rotatable bonds is 6. The molecule has 6 nitrogen and oxygen atoms in total. The topological polar surface area (TPSA) is 102 Å². The summed E-state index contributed by atoms with van der Waals surface area (Å²) in [5, 5.41) is 28.4. The molecule has 1 atom stereocenters. The van der Waals surface area contributed by atoms with E-state index >= 15 is 0 Å². The Bertz CT molecular complexity index is 747. The van der Waals surface area contributed by atoms with Crippen molar-refractivity contribution in [3.05, 3.63) is 59.7 Å². The zero-order valence-electron chi connectivity index (χ0n) is 12.9. The second-order valence-corrected chi connectivity index (χ2v) is 4.74. The van der Waals surface area contributed by atoms with E-state index in [0.29, 0.717) is 11.1 Å². The van der Waals surface area contributed by atoms with E-state index in [9.17, 15) is 20.1 Å². The summed E-state index contributed by atoms with van der Waals surface area (Å²) >= 11 is 0. The molecule has 0 saturated heterocycles. The van der Waals surface area contributed by atoms with Crippen LogP contribution < -0.4 is 0 Å². The number of aliphatic carboxylic acids is 1. The average Bonchev–Trinajstić information content (AvgIpc) is 2.53. The summed E-state index contributed by atoms with van der Waals surface area (Å²) in [4.78, 5) is 19.2. The minimum atomic E-state index is -1.12. The molecule has 0 fully saturated rings. The van der Waals surface area contributed by atoms with Crippen molar-refractivity contribution in [1.82, 2.24) is 0 Å². The van der Waals surface area contributed by atoms with Crippen LogP contribution in [0.1, 0.15) is 11.1 Å². The van der Waals surface area contributed by atoms with E-state index in [2.05, 4.69) is 9.98 Å². The Morgan fingerprint density at radius 2 is 1.46 bits per heavy atom. The summed E-state index contributed by atoms with van der Waals surface area (Å²) in [6.07, 6.45) is 2.71. The van der Waals surface area contributed by atoms with Gasteiger partial charge >= 0.3 is 5.97 Å². The van der Waals surface area contributed by atoms with E-state index in [1.807, 2.05) is 0 Å². The molecular formula is C17H16N2O4Zn. The van der Waals surface area contributed by atoms with Gasteiger partial charge in [0.25, 0.3) is 0 Å². The summed E-state index contributed by atoms with van der Waals surface area (Å²) in [5.74, 6) is -1.02. The molecule has 24 heavy (non-hydrogen) atoms. The van der Waals surface area contributed by atoms with Crippen LogP contribution in [0.2, 0.25) is 0 Å². The van der Waals surface area contributed by atoms with E-state index < -0.39 is 12.0 Å². The van der Waals surface area contributed by atoms with Crippen LogP contribution >= 0.6 is 0 Å². The number of para-hydroxylation sites is 2. The van der Waals surface area contributed by atoms with Crippen molar-refractivity contribution in [3.8, 4) is 11.5 Å². The number of aliphatic imine (C=N–C) groups is 2. The predicted molar refractivity (Wildman–Crippen MR) is 87.7 cm³/mol. The first-order chi connectivity index (χ1) is 11.1. The molecule has 0 heterocycles. The van der Waals surface area contributed by atoms with Crippen LogP contribution in [0.25, 0.3) is 0 Å². The Morgan fingerprint density at radius 3 is 1.96 bits per heavy atom. The minimum absolute atomic E-state index is 0. The Morgan fingerprint density at radius 1 is 0.958 bits per heavy atom. The van der Waals surface area contributed by atoms with Crippen LogP contribution in [-0.2, 0) is 24.3 Å². The second kappa shape index (κ2) is 9.58. The first kappa shape index (κ1) is 19.5. The molecule has 1 unspecified atom stereocenters. The molecule has 0 bridgehead atoms. The summed E-state index contributed by atoms with van der Waals surface area (Å²) in [7, 11) is 0. The first-order valence-electron chi connectivity index (χ1n) is 6.89. The molecule has 0 amide bonds. The number of aromatic hydroxyl groups is 2. The van der Waals surface area contributed by atoms with Gasteiger partial charge in [-0.3, -0.25) is 9.98 Å². The standard InChI is InChI=1S/C17H16N2O4.Zn/c20-15-7-3-1-5-12(15)9-18-11-14(17(22)23)19-10-13-6-2-4-8-16(13)21;/h1-10,14,20-21H,11H2,(H,22,23);. The van der Waals surface area contributed by atoms with Crippen molar-refractivity contribution in [2.24, 2.45) is 9.98 Å². The zero-order valence-corrected chi connectivity index (χ0v) is 15.9. The van der Waals surface area contributed by atoms with Gasteiger partial charge in [0.1, 0.15) is 11.5 Å². The third-order valence-electron chi connectivity index (χ3n) is 3.06. The fourth-order valence-electron chi connectivity index (χ4n) is 1.80. The zero-order chi connectivity index (χ0) is 16.7. The van der Waals surface area contributed by atoms with Crippen LogP contribution in [0.3, 0.4) is 0 Å². The Balaban J connectivity index is 0.00000288. The monoisotopic (exact) mass is 376 g/mol. The number of nitrogens with zero attached hydrogens (tertiary/aromatic N) is 2. The predicted octanol–water partition coefficient (Wildman–Crippen LogP) is 2.09. The molecule has 0 aromatic heterocycles. The largest absolute Gasteiger partial charge is 0.507 e. The molecule has 2 aromatic rings. The smallest absolute Gasteiger partial charge is 0.330 e. The number of carboxylic acids is 1. The molecule has 3 N–H and O–H groups in total. The number of phenols is 2. The maximum absolute atomic E-state index is 11.2. The maximum atomic E-state index is 11.2. The Hall–Kier alpha value is -2.53. The van der Waals surface area contributed by atoms with Crippen molar-refractivity contribution < 1.29 is 39.6 Å². The number of hydrogen-bond donors (Lipinski definition) is 3. The number of carboxylic acid groups (broad SMARTS) is 1. The van der Waals surface area contributed by atoms with E-state index in [-0.39, 0.29) is 37.5 Å². The minimum Gasteiger partial charge on any atom is -0.507 e. The first-order valence-corrected chi connectivity index (χ1v) is 6.89. The number of carbonyl (C=O) groups is 1. The van der Waals surface area contributed by atoms with Gasteiger partial charge in [0, 0.05) is 43.0 Å². The molecule has 0 aliphatic rings. The van der Waals surface area contributed by atoms with Crippen molar-refractivity contribution in [2.75, 3.05) is 6.54 Å². The molecule has 0 radical (unpaired) electrons. The molecule has 2 rings (SSSR count). The summed E-state index contributed by atoms with van der Waals surface area (Å²) < 4.78 is 0. The molecule has 0 aliphatic heterocycles. The van der Waals surface area contributed by atoms with Crippen LogP contribution in [0, 0.1) is 0 Å².